The van der Waals surface area contributed by atoms with Gasteiger partial charge in [0.15, 0.2) is 0 Å². The number of ether oxygens (including phenoxy) is 1. The molecule has 0 bridgehead atoms. The van der Waals surface area contributed by atoms with E-state index in [1.165, 1.54) is 0 Å². The molecule has 0 spiro atoms. The Hall–Kier alpha value is -2.37. The molecule has 1 aliphatic heterocycles. The van der Waals surface area contributed by atoms with Crippen molar-refractivity contribution < 1.29 is 14.6 Å². The molecule has 0 radical (unpaired) electrons. The predicted octanol–water partition coefficient (Wildman–Crippen LogP) is 3.01. The van der Waals surface area contributed by atoms with Crippen LogP contribution in [0.4, 0.5) is 0 Å². The molecule has 0 aromatic heterocycles. The van der Waals surface area contributed by atoms with E-state index in [1.807, 2.05) is 66.4 Å². The molecular formula is C21H26N2O3. The summed E-state index contributed by atoms with van der Waals surface area (Å²) in [5.74, 6) is 1.29. The maximum absolute atomic E-state index is 13.1. The number of nitrogens with zero attached hydrogens (tertiary/aromatic N) is 2. The first-order chi connectivity index (χ1) is 12.7. The molecule has 5 heteroatoms. The Morgan fingerprint density at radius 2 is 1.77 bits per heavy atom. The third-order valence-electron chi connectivity index (χ3n) is 4.79. The minimum Gasteiger partial charge on any atom is -0.457 e. The molecular weight excluding hydrogens is 328 g/mol. The van der Waals surface area contributed by atoms with E-state index < -0.39 is 0 Å². The van der Waals surface area contributed by atoms with Crippen LogP contribution in [0.5, 0.6) is 11.5 Å². The molecule has 0 aliphatic carbocycles. The minimum absolute atomic E-state index is 0.00460. The van der Waals surface area contributed by atoms with Crippen molar-refractivity contribution in [3.63, 3.8) is 0 Å². The molecule has 1 amide bonds. The summed E-state index contributed by atoms with van der Waals surface area (Å²) in [5, 5.41) is 9.37. The van der Waals surface area contributed by atoms with Crippen LogP contribution in [-0.2, 0) is 0 Å². The largest absolute Gasteiger partial charge is 0.457 e. The van der Waals surface area contributed by atoms with Crippen molar-refractivity contribution in [1.82, 2.24) is 9.80 Å². The molecule has 1 fully saturated rings. The molecule has 1 aliphatic rings. The first-order valence-electron chi connectivity index (χ1n) is 9.15. The first-order valence-corrected chi connectivity index (χ1v) is 9.15. The Kier molecular flexibility index (Phi) is 6.26. The fourth-order valence-electron chi connectivity index (χ4n) is 3.21. The number of para-hydroxylation sites is 2. The number of carbonyl (C=O) groups is 1. The van der Waals surface area contributed by atoms with Crippen LogP contribution in [0.3, 0.4) is 0 Å². The van der Waals surface area contributed by atoms with Gasteiger partial charge in [0.25, 0.3) is 5.91 Å². The molecule has 1 heterocycles. The zero-order valence-electron chi connectivity index (χ0n) is 15.2. The van der Waals surface area contributed by atoms with Crippen molar-refractivity contribution in [2.45, 2.75) is 19.4 Å². The SMILES string of the molecule is C[C@@H](CO)N1CCCN(C(=O)c2ccccc2Oc2ccccc2)CC1. The summed E-state index contributed by atoms with van der Waals surface area (Å²) >= 11 is 0. The van der Waals surface area contributed by atoms with Crippen molar-refractivity contribution in [3.8, 4) is 11.5 Å². The van der Waals surface area contributed by atoms with Gasteiger partial charge >= 0.3 is 0 Å². The number of carbonyl (C=O) groups excluding carboxylic acids is 1. The van der Waals surface area contributed by atoms with Crippen molar-refractivity contribution in [2.75, 3.05) is 32.8 Å². The van der Waals surface area contributed by atoms with E-state index in [-0.39, 0.29) is 18.6 Å². The topological polar surface area (TPSA) is 53.0 Å². The molecule has 1 saturated heterocycles. The molecule has 5 nitrogen and oxygen atoms in total. The molecule has 2 aromatic carbocycles. The number of aliphatic hydroxyl groups excluding tert-OH is 1. The Balaban J connectivity index is 1.74. The van der Waals surface area contributed by atoms with Crippen LogP contribution in [0.15, 0.2) is 54.6 Å². The molecule has 26 heavy (non-hydrogen) atoms. The van der Waals surface area contributed by atoms with E-state index in [9.17, 15) is 9.90 Å². The number of rotatable bonds is 5. The van der Waals surface area contributed by atoms with E-state index in [0.29, 0.717) is 30.2 Å². The fourth-order valence-corrected chi connectivity index (χ4v) is 3.21. The first kappa shape index (κ1) is 18.4. The highest BCUT2D eigenvalue weighted by Crippen LogP contribution is 2.26. The summed E-state index contributed by atoms with van der Waals surface area (Å²) in [6.07, 6.45) is 0.901. The van der Waals surface area contributed by atoms with E-state index >= 15 is 0 Å². The van der Waals surface area contributed by atoms with Gasteiger partial charge in [-0.05, 0) is 37.6 Å². The van der Waals surface area contributed by atoms with Gasteiger partial charge in [0.05, 0.1) is 12.2 Å². The van der Waals surface area contributed by atoms with Gasteiger partial charge in [-0.3, -0.25) is 9.69 Å². The Labute approximate surface area is 154 Å². The van der Waals surface area contributed by atoms with Gasteiger partial charge in [0, 0.05) is 32.2 Å². The van der Waals surface area contributed by atoms with Crippen LogP contribution in [0, 0.1) is 0 Å². The maximum atomic E-state index is 13.1. The maximum Gasteiger partial charge on any atom is 0.257 e. The fraction of sp³-hybridized carbons (Fsp3) is 0.381. The summed E-state index contributed by atoms with van der Waals surface area (Å²) in [6, 6.07) is 17.0. The molecule has 0 saturated carbocycles. The zero-order chi connectivity index (χ0) is 18.4. The van der Waals surface area contributed by atoms with Crippen LogP contribution < -0.4 is 4.74 Å². The third kappa shape index (κ3) is 4.42. The van der Waals surface area contributed by atoms with Gasteiger partial charge in [-0.2, -0.15) is 0 Å². The smallest absolute Gasteiger partial charge is 0.257 e. The van der Waals surface area contributed by atoms with Gasteiger partial charge in [0.2, 0.25) is 0 Å². The van der Waals surface area contributed by atoms with Crippen LogP contribution >= 0.6 is 0 Å². The summed E-state index contributed by atoms with van der Waals surface area (Å²) in [5.41, 5.74) is 0.583. The van der Waals surface area contributed by atoms with Gasteiger partial charge in [-0.15, -0.1) is 0 Å². The average Bonchev–Trinajstić information content (AvgIpc) is 2.94. The van der Waals surface area contributed by atoms with Gasteiger partial charge < -0.3 is 14.7 Å². The van der Waals surface area contributed by atoms with Gasteiger partial charge in [-0.1, -0.05) is 30.3 Å². The Morgan fingerprint density at radius 1 is 1.04 bits per heavy atom. The Bertz CT molecular complexity index is 720. The van der Waals surface area contributed by atoms with Crippen LogP contribution in [0.1, 0.15) is 23.7 Å². The lowest BCUT2D eigenvalue weighted by Gasteiger charge is -2.26. The number of benzene rings is 2. The number of hydrogen-bond acceptors (Lipinski definition) is 4. The summed E-state index contributed by atoms with van der Waals surface area (Å²) in [6.45, 7) is 5.20. The second-order valence-corrected chi connectivity index (χ2v) is 6.62. The van der Waals surface area contributed by atoms with Crippen LogP contribution in [-0.4, -0.2) is 59.6 Å². The Morgan fingerprint density at radius 3 is 2.54 bits per heavy atom. The van der Waals surface area contributed by atoms with Crippen molar-refractivity contribution >= 4 is 5.91 Å². The molecule has 2 aromatic rings. The molecule has 1 atom stereocenters. The highest BCUT2D eigenvalue weighted by molar-refractivity contribution is 5.97. The van der Waals surface area contributed by atoms with Crippen LogP contribution in [0.2, 0.25) is 0 Å². The molecule has 1 N–H and O–H groups in total. The van der Waals surface area contributed by atoms with Gasteiger partial charge in [0.1, 0.15) is 11.5 Å². The normalized spacial score (nSPS) is 16.8. The third-order valence-corrected chi connectivity index (χ3v) is 4.79. The summed E-state index contributed by atoms with van der Waals surface area (Å²) < 4.78 is 5.94. The number of aliphatic hydroxyl groups is 1. The van der Waals surface area contributed by atoms with Crippen molar-refractivity contribution in [3.05, 3.63) is 60.2 Å². The highest BCUT2D eigenvalue weighted by Gasteiger charge is 2.24. The number of hydrogen-bond donors (Lipinski definition) is 1. The van der Waals surface area contributed by atoms with Crippen molar-refractivity contribution in [1.29, 1.82) is 0 Å². The lowest BCUT2D eigenvalue weighted by atomic mass is 10.1. The monoisotopic (exact) mass is 354 g/mol. The van der Waals surface area contributed by atoms with E-state index in [1.54, 1.807) is 0 Å². The molecule has 138 valence electrons. The zero-order valence-corrected chi connectivity index (χ0v) is 15.2. The minimum atomic E-state index is -0.00460. The molecule has 3 rings (SSSR count). The average molecular weight is 354 g/mol. The van der Waals surface area contributed by atoms with Gasteiger partial charge in [-0.25, -0.2) is 0 Å². The second kappa shape index (κ2) is 8.83. The second-order valence-electron chi connectivity index (χ2n) is 6.62. The number of amides is 1. The predicted molar refractivity (Wildman–Crippen MR) is 102 cm³/mol. The lowest BCUT2D eigenvalue weighted by molar-refractivity contribution is 0.0751. The molecule has 0 unspecified atom stereocenters. The lowest BCUT2D eigenvalue weighted by Crippen LogP contribution is -2.39. The quantitative estimate of drug-likeness (QED) is 0.897. The van der Waals surface area contributed by atoms with Crippen LogP contribution in [0.25, 0.3) is 0 Å². The van der Waals surface area contributed by atoms with E-state index in [0.717, 1.165) is 19.5 Å². The standard InChI is InChI=1S/C21H26N2O3/c1-17(16-24)22-12-7-13-23(15-14-22)21(25)19-10-5-6-11-20(19)26-18-8-3-2-4-9-18/h2-6,8-11,17,24H,7,12-16H2,1H3/t17-/m0/s1. The van der Waals surface area contributed by atoms with E-state index in [2.05, 4.69) is 4.90 Å². The van der Waals surface area contributed by atoms with E-state index in [4.69, 9.17) is 4.74 Å². The summed E-state index contributed by atoms with van der Waals surface area (Å²) in [4.78, 5) is 17.2. The van der Waals surface area contributed by atoms with Crippen molar-refractivity contribution in [2.24, 2.45) is 0 Å². The highest BCUT2D eigenvalue weighted by atomic mass is 16.5. The summed E-state index contributed by atoms with van der Waals surface area (Å²) in [7, 11) is 0.